The van der Waals surface area contributed by atoms with Crippen molar-refractivity contribution in [3.05, 3.63) is 82.4 Å². The van der Waals surface area contributed by atoms with Gasteiger partial charge in [0.15, 0.2) is 0 Å². The van der Waals surface area contributed by atoms with Crippen LogP contribution in [0.4, 0.5) is 13.2 Å². The molecule has 0 N–H and O–H groups in total. The number of aromatic nitrogens is 1. The first-order valence-electron chi connectivity index (χ1n) is 9.58. The third-order valence-electron chi connectivity index (χ3n) is 4.89. The number of hydrogen-bond acceptors (Lipinski definition) is 5. The van der Waals surface area contributed by atoms with E-state index in [9.17, 15) is 18.0 Å². The Morgan fingerprint density at radius 1 is 1.28 bits per heavy atom. The molecular weight excluding hydrogens is 463 g/mol. The molecule has 0 bridgehead atoms. The molecule has 0 aliphatic carbocycles. The summed E-state index contributed by atoms with van der Waals surface area (Å²) in [5.74, 6) is 0.163. The fourth-order valence-electron chi connectivity index (χ4n) is 3.25. The van der Waals surface area contributed by atoms with Gasteiger partial charge in [-0.2, -0.15) is 18.3 Å². The van der Waals surface area contributed by atoms with E-state index in [1.54, 1.807) is 12.1 Å². The number of pyridine rings is 1. The molecule has 10 heteroatoms. The molecule has 4 rings (SSSR count). The predicted molar refractivity (Wildman–Crippen MR) is 116 cm³/mol. The number of hydrogen-bond donors (Lipinski definition) is 0. The van der Waals surface area contributed by atoms with E-state index in [4.69, 9.17) is 16.0 Å². The van der Waals surface area contributed by atoms with Crippen LogP contribution >= 0.6 is 23.4 Å². The van der Waals surface area contributed by atoms with Crippen LogP contribution in [0.1, 0.15) is 34.9 Å². The summed E-state index contributed by atoms with van der Waals surface area (Å²) in [6.07, 6.45) is -1.83. The van der Waals surface area contributed by atoms with Crippen molar-refractivity contribution in [1.82, 2.24) is 9.99 Å². The number of furan rings is 1. The van der Waals surface area contributed by atoms with Crippen molar-refractivity contribution in [3.63, 3.8) is 0 Å². The lowest BCUT2D eigenvalue weighted by atomic mass is 10.0. The Morgan fingerprint density at radius 3 is 2.66 bits per heavy atom. The zero-order chi connectivity index (χ0) is 22.9. The monoisotopic (exact) mass is 479 g/mol. The maximum Gasteiger partial charge on any atom is 0.417 e. The lowest BCUT2D eigenvalue weighted by Crippen LogP contribution is -2.28. The number of hydrazone groups is 1. The Balaban J connectivity index is 1.53. The molecule has 3 aromatic rings. The second-order valence-electron chi connectivity index (χ2n) is 7.18. The van der Waals surface area contributed by atoms with E-state index in [2.05, 4.69) is 10.1 Å². The van der Waals surface area contributed by atoms with E-state index in [0.717, 1.165) is 34.7 Å². The van der Waals surface area contributed by atoms with Crippen LogP contribution in [0, 0.1) is 6.92 Å². The SMILES string of the molecule is Cc1ccc(C2=NN(C(=O)CSc3ncc(C(F)(F)F)cc3Cl)C(c3ccco3)C2)cc1. The molecule has 166 valence electrons. The van der Waals surface area contributed by atoms with Crippen molar-refractivity contribution in [2.24, 2.45) is 5.10 Å². The molecule has 0 saturated heterocycles. The summed E-state index contributed by atoms with van der Waals surface area (Å²) in [6, 6.07) is 11.7. The van der Waals surface area contributed by atoms with Crippen LogP contribution in [-0.2, 0) is 11.0 Å². The molecule has 0 radical (unpaired) electrons. The summed E-state index contributed by atoms with van der Waals surface area (Å²) in [4.78, 5) is 16.8. The van der Waals surface area contributed by atoms with Gasteiger partial charge in [-0.25, -0.2) is 9.99 Å². The third kappa shape index (κ3) is 4.83. The fourth-order valence-corrected chi connectivity index (χ4v) is 4.29. The number of nitrogens with zero attached hydrogens (tertiary/aromatic N) is 3. The Morgan fingerprint density at radius 2 is 2.03 bits per heavy atom. The van der Waals surface area contributed by atoms with E-state index in [1.165, 1.54) is 11.3 Å². The van der Waals surface area contributed by atoms with Gasteiger partial charge in [0.05, 0.1) is 28.3 Å². The molecule has 5 nitrogen and oxygen atoms in total. The Bertz CT molecular complexity index is 1150. The highest BCUT2D eigenvalue weighted by atomic mass is 35.5. The van der Waals surface area contributed by atoms with Gasteiger partial charge < -0.3 is 4.42 Å². The Labute approximate surface area is 191 Å². The molecule has 1 amide bonds. The molecule has 1 unspecified atom stereocenters. The van der Waals surface area contributed by atoms with Gasteiger partial charge in [0, 0.05) is 12.6 Å². The minimum absolute atomic E-state index is 0.0973. The number of thioether (sulfide) groups is 1. The lowest BCUT2D eigenvalue weighted by molar-refractivity contribution is -0.138. The molecule has 1 atom stereocenters. The van der Waals surface area contributed by atoms with E-state index >= 15 is 0 Å². The fraction of sp³-hybridized carbons (Fsp3) is 0.227. The molecular formula is C22H17ClF3N3O2S. The van der Waals surface area contributed by atoms with Gasteiger partial charge in [-0.3, -0.25) is 4.79 Å². The van der Waals surface area contributed by atoms with Crippen molar-refractivity contribution in [2.75, 3.05) is 5.75 Å². The molecule has 1 aromatic carbocycles. The van der Waals surface area contributed by atoms with Crippen LogP contribution in [0.25, 0.3) is 0 Å². The van der Waals surface area contributed by atoms with E-state index in [-0.39, 0.29) is 21.7 Å². The summed E-state index contributed by atoms with van der Waals surface area (Å²) < 4.78 is 43.9. The summed E-state index contributed by atoms with van der Waals surface area (Å²) in [5, 5.41) is 5.87. The van der Waals surface area contributed by atoms with Crippen LogP contribution in [-0.4, -0.2) is 27.4 Å². The molecule has 0 saturated carbocycles. The van der Waals surface area contributed by atoms with Crippen molar-refractivity contribution < 1.29 is 22.4 Å². The topological polar surface area (TPSA) is 58.7 Å². The highest BCUT2D eigenvalue weighted by molar-refractivity contribution is 8.00. The second kappa shape index (κ2) is 8.99. The Kier molecular flexibility index (Phi) is 6.30. The van der Waals surface area contributed by atoms with Crippen molar-refractivity contribution in [2.45, 2.75) is 30.6 Å². The summed E-state index contributed by atoms with van der Waals surface area (Å²) in [7, 11) is 0. The van der Waals surface area contributed by atoms with Crippen LogP contribution in [0.15, 0.2) is 69.5 Å². The zero-order valence-corrected chi connectivity index (χ0v) is 18.3. The summed E-state index contributed by atoms with van der Waals surface area (Å²) in [5.41, 5.74) is 1.82. The molecule has 2 aromatic heterocycles. The van der Waals surface area contributed by atoms with Crippen LogP contribution in [0.2, 0.25) is 5.02 Å². The largest absolute Gasteiger partial charge is 0.467 e. The summed E-state index contributed by atoms with van der Waals surface area (Å²) >= 11 is 6.91. The normalized spacial score (nSPS) is 16.3. The Hall–Kier alpha value is -2.78. The third-order valence-corrected chi connectivity index (χ3v) is 6.28. The van der Waals surface area contributed by atoms with Gasteiger partial charge in [0.1, 0.15) is 16.8 Å². The minimum atomic E-state index is -4.54. The first kappa shape index (κ1) is 22.4. The van der Waals surface area contributed by atoms with Gasteiger partial charge in [-0.15, -0.1) is 0 Å². The van der Waals surface area contributed by atoms with Crippen molar-refractivity contribution in [3.8, 4) is 0 Å². The molecule has 3 heterocycles. The van der Waals surface area contributed by atoms with Crippen LogP contribution in [0.3, 0.4) is 0 Å². The number of alkyl halides is 3. The molecule has 0 spiro atoms. The second-order valence-corrected chi connectivity index (χ2v) is 8.56. The van der Waals surface area contributed by atoms with Crippen molar-refractivity contribution >= 4 is 35.0 Å². The van der Waals surface area contributed by atoms with Crippen molar-refractivity contribution in [1.29, 1.82) is 0 Å². The number of aryl methyl sites for hydroxylation is 1. The first-order valence-corrected chi connectivity index (χ1v) is 10.9. The van der Waals surface area contributed by atoms with Crippen LogP contribution in [0.5, 0.6) is 0 Å². The van der Waals surface area contributed by atoms with E-state index in [1.807, 2.05) is 31.2 Å². The van der Waals surface area contributed by atoms with E-state index in [0.29, 0.717) is 18.4 Å². The molecule has 1 aliphatic heterocycles. The molecule has 32 heavy (non-hydrogen) atoms. The first-order chi connectivity index (χ1) is 15.2. The highest BCUT2D eigenvalue weighted by Gasteiger charge is 2.35. The lowest BCUT2D eigenvalue weighted by Gasteiger charge is -2.19. The smallest absolute Gasteiger partial charge is 0.417 e. The highest BCUT2D eigenvalue weighted by Crippen LogP contribution is 2.36. The zero-order valence-electron chi connectivity index (χ0n) is 16.8. The summed E-state index contributed by atoms with van der Waals surface area (Å²) in [6.45, 7) is 1.99. The number of rotatable bonds is 5. The maximum absolute atomic E-state index is 13.0. The molecule has 1 aliphatic rings. The van der Waals surface area contributed by atoms with Crippen LogP contribution < -0.4 is 0 Å². The number of carbonyl (C=O) groups is 1. The number of amides is 1. The minimum Gasteiger partial charge on any atom is -0.467 e. The van der Waals surface area contributed by atoms with E-state index < -0.39 is 17.8 Å². The van der Waals surface area contributed by atoms with Gasteiger partial charge in [-0.05, 0) is 30.7 Å². The quantitative estimate of drug-likeness (QED) is 0.413. The predicted octanol–water partition coefficient (Wildman–Crippen LogP) is 6.13. The standard InChI is InChI=1S/C22H17ClF3N3O2S/c1-13-4-6-14(7-5-13)17-10-18(19-3-2-8-31-19)29(28-17)20(30)12-32-21-16(23)9-15(11-27-21)22(24,25)26/h2-9,11,18H,10,12H2,1H3. The number of carbonyl (C=O) groups excluding carboxylic acids is 1. The van der Waals surface area contributed by atoms with Gasteiger partial charge >= 0.3 is 6.18 Å². The molecule has 0 fully saturated rings. The average molecular weight is 480 g/mol. The number of halogens is 4. The van der Waals surface area contributed by atoms with Gasteiger partial charge in [-0.1, -0.05) is 53.2 Å². The van der Waals surface area contributed by atoms with Gasteiger partial charge in [0.25, 0.3) is 5.91 Å². The number of benzene rings is 1. The average Bonchev–Trinajstić information content (AvgIpc) is 3.42. The van der Waals surface area contributed by atoms with Gasteiger partial charge in [0.2, 0.25) is 0 Å². The maximum atomic E-state index is 13.0.